The van der Waals surface area contributed by atoms with Gasteiger partial charge < -0.3 is 15.3 Å². The lowest BCUT2D eigenvalue weighted by Crippen LogP contribution is -2.43. The van der Waals surface area contributed by atoms with Gasteiger partial charge in [0, 0.05) is 26.1 Å². The molecular formula is C12H17N5O4. The van der Waals surface area contributed by atoms with Gasteiger partial charge in [0.25, 0.3) is 0 Å². The van der Waals surface area contributed by atoms with Crippen LogP contribution < -0.4 is 5.32 Å². The summed E-state index contributed by atoms with van der Waals surface area (Å²) in [6.07, 6.45) is 2.48. The van der Waals surface area contributed by atoms with Crippen molar-refractivity contribution in [1.82, 2.24) is 25.2 Å². The van der Waals surface area contributed by atoms with Crippen LogP contribution in [0.1, 0.15) is 23.3 Å². The van der Waals surface area contributed by atoms with E-state index in [9.17, 15) is 14.4 Å². The van der Waals surface area contributed by atoms with Gasteiger partial charge in [0.2, 0.25) is 11.8 Å². The summed E-state index contributed by atoms with van der Waals surface area (Å²) in [5.74, 6) is -1.39. The minimum Gasteiger partial charge on any atom is -0.476 e. The van der Waals surface area contributed by atoms with Crippen LogP contribution in [0.15, 0.2) is 6.20 Å². The number of nitrogens with one attached hydrogen (secondary N) is 1. The van der Waals surface area contributed by atoms with E-state index in [1.54, 1.807) is 11.9 Å². The fourth-order valence-electron chi connectivity index (χ4n) is 2.31. The second-order valence-electron chi connectivity index (χ2n) is 4.88. The lowest BCUT2D eigenvalue weighted by Gasteiger charge is -2.31. The van der Waals surface area contributed by atoms with E-state index in [4.69, 9.17) is 5.11 Å². The number of rotatable bonds is 4. The number of carbonyl (C=O) groups is 3. The zero-order valence-corrected chi connectivity index (χ0v) is 11.7. The van der Waals surface area contributed by atoms with Gasteiger partial charge in [-0.3, -0.25) is 9.59 Å². The summed E-state index contributed by atoms with van der Waals surface area (Å²) in [6, 6.07) is 0. The van der Waals surface area contributed by atoms with Crippen molar-refractivity contribution in [2.75, 3.05) is 20.1 Å². The van der Waals surface area contributed by atoms with Gasteiger partial charge in [0.05, 0.1) is 6.20 Å². The molecule has 114 valence electrons. The molecule has 2 N–H and O–H groups in total. The zero-order valence-electron chi connectivity index (χ0n) is 11.7. The van der Waals surface area contributed by atoms with E-state index >= 15 is 0 Å². The van der Waals surface area contributed by atoms with Crippen molar-refractivity contribution in [3.05, 3.63) is 11.9 Å². The Balaban J connectivity index is 1.87. The topological polar surface area (TPSA) is 117 Å². The first-order valence-corrected chi connectivity index (χ1v) is 6.64. The maximum absolute atomic E-state index is 12.1. The molecule has 0 saturated carbocycles. The molecule has 1 aliphatic heterocycles. The van der Waals surface area contributed by atoms with Crippen LogP contribution in [-0.2, 0) is 16.1 Å². The number of likely N-dealkylation sites (tertiary alicyclic amines) is 1. The standard InChI is InChI=1S/C12H17N5O4/c1-13-11(19)8-2-4-16(5-3-8)10(18)7-17-6-9(12(20)21)14-15-17/h6,8H,2-5,7H2,1H3,(H,13,19)(H,20,21). The number of piperidine rings is 1. The summed E-state index contributed by atoms with van der Waals surface area (Å²) < 4.78 is 1.20. The molecule has 0 aliphatic carbocycles. The van der Waals surface area contributed by atoms with Crippen molar-refractivity contribution in [1.29, 1.82) is 0 Å². The number of nitrogens with zero attached hydrogens (tertiary/aromatic N) is 4. The SMILES string of the molecule is CNC(=O)C1CCN(C(=O)Cn2cc(C(=O)O)nn2)CC1. The van der Waals surface area contributed by atoms with Crippen molar-refractivity contribution in [2.45, 2.75) is 19.4 Å². The number of carboxylic acid groups (broad SMARTS) is 1. The van der Waals surface area contributed by atoms with Gasteiger partial charge in [-0.25, -0.2) is 9.48 Å². The summed E-state index contributed by atoms with van der Waals surface area (Å²) in [4.78, 5) is 35.9. The third-order valence-corrected chi connectivity index (χ3v) is 3.52. The van der Waals surface area contributed by atoms with Gasteiger partial charge in [-0.2, -0.15) is 0 Å². The van der Waals surface area contributed by atoms with Gasteiger partial charge >= 0.3 is 5.97 Å². The highest BCUT2D eigenvalue weighted by Gasteiger charge is 2.26. The van der Waals surface area contributed by atoms with Crippen molar-refractivity contribution in [3.63, 3.8) is 0 Å². The molecule has 9 nitrogen and oxygen atoms in total. The summed E-state index contributed by atoms with van der Waals surface area (Å²) >= 11 is 0. The molecule has 2 rings (SSSR count). The van der Waals surface area contributed by atoms with E-state index in [-0.39, 0.29) is 30.0 Å². The molecule has 0 radical (unpaired) electrons. The van der Waals surface area contributed by atoms with Crippen LogP contribution in [0.5, 0.6) is 0 Å². The third kappa shape index (κ3) is 3.56. The largest absolute Gasteiger partial charge is 0.476 e. The highest BCUT2D eigenvalue weighted by atomic mass is 16.4. The Bertz CT molecular complexity index is 548. The maximum Gasteiger partial charge on any atom is 0.358 e. The Morgan fingerprint density at radius 2 is 2.05 bits per heavy atom. The smallest absolute Gasteiger partial charge is 0.358 e. The third-order valence-electron chi connectivity index (χ3n) is 3.52. The number of amides is 2. The Labute approximate surface area is 120 Å². The maximum atomic E-state index is 12.1. The van der Waals surface area contributed by atoms with Crippen LogP contribution in [0.4, 0.5) is 0 Å². The molecule has 21 heavy (non-hydrogen) atoms. The van der Waals surface area contributed by atoms with E-state index in [0.29, 0.717) is 25.9 Å². The van der Waals surface area contributed by atoms with Crippen LogP contribution >= 0.6 is 0 Å². The van der Waals surface area contributed by atoms with Gasteiger partial charge in [0.1, 0.15) is 6.54 Å². The number of aromatic nitrogens is 3. The van der Waals surface area contributed by atoms with E-state index in [0.717, 1.165) is 0 Å². The van der Waals surface area contributed by atoms with Gasteiger partial charge in [0.15, 0.2) is 5.69 Å². The highest BCUT2D eigenvalue weighted by molar-refractivity contribution is 5.85. The summed E-state index contributed by atoms with van der Waals surface area (Å²) in [5.41, 5.74) is -0.193. The minimum absolute atomic E-state index is 0.00414. The fourth-order valence-corrected chi connectivity index (χ4v) is 2.31. The molecule has 0 bridgehead atoms. The lowest BCUT2D eigenvalue weighted by molar-refractivity contribution is -0.136. The first-order valence-electron chi connectivity index (χ1n) is 6.64. The van der Waals surface area contributed by atoms with E-state index in [2.05, 4.69) is 15.6 Å². The van der Waals surface area contributed by atoms with Crippen LogP contribution in [0.3, 0.4) is 0 Å². The first-order chi connectivity index (χ1) is 10.0. The molecule has 1 aromatic rings. The fraction of sp³-hybridized carbons (Fsp3) is 0.583. The number of carboxylic acids is 1. The van der Waals surface area contributed by atoms with Gasteiger partial charge in [-0.15, -0.1) is 5.10 Å². The molecule has 9 heteroatoms. The van der Waals surface area contributed by atoms with Crippen molar-refractivity contribution in [2.24, 2.45) is 5.92 Å². The number of carbonyl (C=O) groups excluding carboxylic acids is 2. The second-order valence-corrected chi connectivity index (χ2v) is 4.88. The monoisotopic (exact) mass is 295 g/mol. The van der Waals surface area contributed by atoms with Crippen molar-refractivity contribution < 1.29 is 19.5 Å². The molecule has 2 amide bonds. The van der Waals surface area contributed by atoms with Crippen LogP contribution in [0.2, 0.25) is 0 Å². The molecule has 2 heterocycles. The molecule has 1 aromatic heterocycles. The van der Waals surface area contributed by atoms with Crippen LogP contribution in [-0.4, -0.2) is 62.9 Å². The first kappa shape index (κ1) is 14.9. The summed E-state index contributed by atoms with van der Waals surface area (Å²) in [5, 5.41) is 18.4. The molecule has 0 atom stereocenters. The lowest BCUT2D eigenvalue weighted by atomic mass is 9.96. The van der Waals surface area contributed by atoms with Crippen molar-refractivity contribution in [3.8, 4) is 0 Å². The zero-order chi connectivity index (χ0) is 15.4. The molecule has 0 spiro atoms. The van der Waals surface area contributed by atoms with E-state index in [1.807, 2.05) is 0 Å². The number of aromatic carboxylic acids is 1. The molecule has 1 aliphatic rings. The quantitative estimate of drug-likeness (QED) is 0.732. The molecule has 1 fully saturated rings. The average molecular weight is 295 g/mol. The van der Waals surface area contributed by atoms with Crippen LogP contribution in [0, 0.1) is 5.92 Å². The molecular weight excluding hydrogens is 278 g/mol. The Hall–Kier alpha value is -2.45. The van der Waals surface area contributed by atoms with Crippen LogP contribution in [0.25, 0.3) is 0 Å². The average Bonchev–Trinajstić information content (AvgIpc) is 2.95. The Kier molecular flexibility index (Phi) is 4.51. The molecule has 0 aromatic carbocycles. The predicted molar refractivity (Wildman–Crippen MR) is 70.4 cm³/mol. The summed E-state index contributed by atoms with van der Waals surface area (Å²) in [6.45, 7) is 0.972. The normalized spacial score (nSPS) is 15.8. The molecule has 0 unspecified atom stereocenters. The number of hydrogen-bond acceptors (Lipinski definition) is 5. The van der Waals surface area contributed by atoms with E-state index < -0.39 is 5.97 Å². The van der Waals surface area contributed by atoms with Crippen molar-refractivity contribution >= 4 is 17.8 Å². The minimum atomic E-state index is -1.18. The predicted octanol–water partition coefficient (Wildman–Crippen LogP) is -1.04. The number of hydrogen-bond donors (Lipinski definition) is 2. The summed E-state index contributed by atoms with van der Waals surface area (Å²) in [7, 11) is 1.60. The highest BCUT2D eigenvalue weighted by Crippen LogP contribution is 2.17. The Morgan fingerprint density at radius 1 is 1.38 bits per heavy atom. The Morgan fingerprint density at radius 3 is 2.57 bits per heavy atom. The van der Waals surface area contributed by atoms with Gasteiger partial charge in [-0.1, -0.05) is 5.21 Å². The second kappa shape index (κ2) is 6.33. The van der Waals surface area contributed by atoms with E-state index in [1.165, 1.54) is 10.9 Å². The molecule has 1 saturated heterocycles. The van der Waals surface area contributed by atoms with Gasteiger partial charge in [-0.05, 0) is 12.8 Å².